The number of carbonyl (C=O) groups excluding carboxylic acids is 2. The Kier molecular flexibility index (Phi) is 4.45. The van der Waals surface area contributed by atoms with Crippen molar-refractivity contribution in [2.24, 2.45) is 5.73 Å². The third kappa shape index (κ3) is 3.06. The van der Waals surface area contributed by atoms with Crippen LogP contribution in [-0.4, -0.2) is 61.6 Å². The molecule has 0 bridgehead atoms. The number of rotatable bonds is 2. The molecule has 2 fully saturated rings. The second-order valence-electron chi connectivity index (χ2n) is 4.23. The largest absolute Gasteiger partial charge is 0.460 e. The molecule has 0 aliphatic carbocycles. The summed E-state index contributed by atoms with van der Waals surface area (Å²) in [6, 6.07) is -1.74. The van der Waals surface area contributed by atoms with Gasteiger partial charge >= 0.3 is 5.97 Å². The average molecular weight is 350 g/mol. The van der Waals surface area contributed by atoms with E-state index in [9.17, 15) is 14.7 Å². The number of aliphatic hydroxyl groups is 1. The number of hydrogen-bond acceptors (Lipinski definition) is 6. The minimum Gasteiger partial charge on any atom is -0.460 e. The Morgan fingerprint density at radius 1 is 1.58 bits per heavy atom. The SMILES string of the molecule is N[C@@H]1C(=O)N2C(C(=O)OCC(Cl)(Cl)Cl)C(O)CS[C@@H]12. The summed E-state index contributed by atoms with van der Waals surface area (Å²) < 4.78 is 3.08. The van der Waals surface area contributed by atoms with Crippen LogP contribution < -0.4 is 5.73 Å². The van der Waals surface area contributed by atoms with Gasteiger partial charge in [-0.15, -0.1) is 11.8 Å². The zero-order valence-electron chi connectivity index (χ0n) is 9.46. The monoisotopic (exact) mass is 348 g/mol. The van der Waals surface area contributed by atoms with Gasteiger partial charge in [0, 0.05) is 5.75 Å². The van der Waals surface area contributed by atoms with Crippen LogP contribution in [0.25, 0.3) is 0 Å². The molecule has 2 aliphatic heterocycles. The lowest BCUT2D eigenvalue weighted by Gasteiger charge is -2.52. The van der Waals surface area contributed by atoms with Crippen LogP contribution in [0.15, 0.2) is 0 Å². The highest BCUT2D eigenvalue weighted by Gasteiger charge is 2.56. The van der Waals surface area contributed by atoms with E-state index < -0.39 is 40.5 Å². The van der Waals surface area contributed by atoms with Gasteiger partial charge in [-0.1, -0.05) is 34.8 Å². The van der Waals surface area contributed by atoms with Crippen molar-refractivity contribution in [1.29, 1.82) is 0 Å². The smallest absolute Gasteiger partial charge is 0.331 e. The van der Waals surface area contributed by atoms with E-state index in [-0.39, 0.29) is 11.1 Å². The highest BCUT2D eigenvalue weighted by molar-refractivity contribution is 8.00. The second kappa shape index (κ2) is 5.46. The van der Waals surface area contributed by atoms with Crippen LogP contribution in [0.5, 0.6) is 0 Å². The quantitative estimate of drug-likeness (QED) is 0.410. The number of ether oxygens (including phenoxy) is 1. The minimum absolute atomic E-state index is 0.287. The van der Waals surface area contributed by atoms with Crippen LogP contribution in [0.4, 0.5) is 0 Å². The molecule has 2 saturated heterocycles. The summed E-state index contributed by atoms with van der Waals surface area (Å²) in [4.78, 5) is 24.8. The van der Waals surface area contributed by atoms with Crippen molar-refractivity contribution < 1.29 is 19.4 Å². The second-order valence-corrected chi connectivity index (χ2v) is 7.90. The Balaban J connectivity index is 2.04. The fourth-order valence-electron chi connectivity index (χ4n) is 1.97. The van der Waals surface area contributed by atoms with Gasteiger partial charge in [-0.05, 0) is 0 Å². The van der Waals surface area contributed by atoms with Crippen LogP contribution >= 0.6 is 46.6 Å². The molecule has 19 heavy (non-hydrogen) atoms. The van der Waals surface area contributed by atoms with E-state index in [1.165, 1.54) is 16.7 Å². The van der Waals surface area contributed by atoms with Crippen LogP contribution in [-0.2, 0) is 14.3 Å². The van der Waals surface area contributed by atoms with Gasteiger partial charge in [0.15, 0.2) is 6.04 Å². The summed E-state index contributed by atoms with van der Waals surface area (Å²) in [7, 11) is 0. The van der Waals surface area contributed by atoms with E-state index in [0.717, 1.165) is 0 Å². The molecule has 0 saturated carbocycles. The number of amides is 1. The van der Waals surface area contributed by atoms with E-state index >= 15 is 0 Å². The van der Waals surface area contributed by atoms with E-state index in [0.29, 0.717) is 0 Å². The lowest BCUT2D eigenvalue weighted by molar-refractivity contribution is -0.169. The van der Waals surface area contributed by atoms with Crippen molar-refractivity contribution in [2.45, 2.75) is 27.4 Å². The molecule has 2 rings (SSSR count). The van der Waals surface area contributed by atoms with E-state index in [2.05, 4.69) is 0 Å². The molecule has 3 N–H and O–H groups in total. The maximum atomic E-state index is 11.9. The summed E-state index contributed by atoms with van der Waals surface area (Å²) in [5.74, 6) is -0.910. The molecule has 2 heterocycles. The van der Waals surface area contributed by atoms with Gasteiger partial charge in [-0.2, -0.15) is 0 Å². The first-order valence-electron chi connectivity index (χ1n) is 5.33. The van der Waals surface area contributed by atoms with Gasteiger partial charge in [0.25, 0.3) is 0 Å². The molecule has 0 aromatic rings. The topological polar surface area (TPSA) is 92.9 Å². The summed E-state index contributed by atoms with van der Waals surface area (Å²) in [6.45, 7) is -0.453. The minimum atomic E-state index is -1.74. The summed E-state index contributed by atoms with van der Waals surface area (Å²) in [5.41, 5.74) is 5.62. The van der Waals surface area contributed by atoms with E-state index in [1.807, 2.05) is 0 Å². The number of aliphatic hydroxyl groups excluding tert-OH is 1. The lowest BCUT2D eigenvalue weighted by Crippen LogP contribution is -2.75. The molecule has 0 aromatic carbocycles. The standard InChI is InChI=1S/C9H11Cl3N2O4S/c10-9(11,12)2-18-8(17)5-3(15)1-19-7-4(13)6(16)14(5)7/h3-5,7,15H,1-2,13H2/t3?,4-,5?,7+/m1/s1. The number of β-lactam (4-membered cyclic amide) rings is 1. The number of carbonyl (C=O) groups is 2. The van der Waals surface area contributed by atoms with Crippen molar-refractivity contribution >= 4 is 58.4 Å². The van der Waals surface area contributed by atoms with Gasteiger partial charge in [0.05, 0.1) is 6.10 Å². The highest BCUT2D eigenvalue weighted by atomic mass is 35.6. The number of esters is 1. The molecule has 6 nitrogen and oxygen atoms in total. The molecule has 108 valence electrons. The molecule has 4 atom stereocenters. The number of hydrogen-bond donors (Lipinski definition) is 2. The summed E-state index contributed by atoms with van der Waals surface area (Å²) in [5, 5.41) is 9.52. The Labute approximate surface area is 128 Å². The molecule has 2 unspecified atom stereocenters. The molecule has 0 radical (unpaired) electrons. The van der Waals surface area contributed by atoms with Gasteiger partial charge in [0.1, 0.15) is 18.0 Å². The first-order valence-corrected chi connectivity index (χ1v) is 7.51. The predicted molar refractivity (Wildman–Crippen MR) is 72.1 cm³/mol. The Morgan fingerprint density at radius 2 is 2.21 bits per heavy atom. The number of nitrogens with zero attached hydrogens (tertiary/aromatic N) is 1. The molecule has 1 amide bonds. The predicted octanol–water partition coefficient (Wildman–Crippen LogP) is -0.128. The fraction of sp³-hybridized carbons (Fsp3) is 0.778. The number of thioether (sulfide) groups is 1. The van der Waals surface area contributed by atoms with E-state index in [4.69, 9.17) is 45.3 Å². The van der Waals surface area contributed by atoms with Crippen LogP contribution in [0.2, 0.25) is 0 Å². The van der Waals surface area contributed by atoms with Crippen LogP contribution in [0.3, 0.4) is 0 Å². The first kappa shape index (κ1) is 15.5. The Morgan fingerprint density at radius 3 is 2.79 bits per heavy atom. The van der Waals surface area contributed by atoms with Crippen LogP contribution in [0, 0.1) is 0 Å². The van der Waals surface area contributed by atoms with Crippen molar-refractivity contribution in [2.75, 3.05) is 12.4 Å². The molecule has 0 aromatic heterocycles. The van der Waals surface area contributed by atoms with E-state index in [1.54, 1.807) is 0 Å². The van der Waals surface area contributed by atoms with Gasteiger partial charge in [-0.3, -0.25) is 4.79 Å². The third-order valence-corrected chi connectivity index (χ3v) is 4.57. The molecular weight excluding hydrogens is 339 g/mol. The van der Waals surface area contributed by atoms with Crippen molar-refractivity contribution in [3.05, 3.63) is 0 Å². The number of alkyl halides is 3. The lowest BCUT2D eigenvalue weighted by atomic mass is 10.0. The zero-order valence-corrected chi connectivity index (χ0v) is 12.5. The fourth-order valence-corrected chi connectivity index (χ4v) is 3.43. The van der Waals surface area contributed by atoms with Gasteiger partial charge in [0.2, 0.25) is 9.70 Å². The van der Waals surface area contributed by atoms with Crippen molar-refractivity contribution in [1.82, 2.24) is 4.90 Å². The third-order valence-electron chi connectivity index (χ3n) is 2.84. The first-order chi connectivity index (χ1) is 8.72. The Bertz CT molecular complexity index is 405. The summed E-state index contributed by atoms with van der Waals surface area (Å²) >= 11 is 17.7. The molecule has 10 heteroatoms. The van der Waals surface area contributed by atoms with Crippen molar-refractivity contribution in [3.8, 4) is 0 Å². The normalized spacial score (nSPS) is 34.6. The maximum absolute atomic E-state index is 11.9. The molecule has 2 aliphatic rings. The zero-order chi connectivity index (χ0) is 14.4. The van der Waals surface area contributed by atoms with Gasteiger partial charge in [-0.25, -0.2) is 4.79 Å². The average Bonchev–Trinajstić information content (AvgIpc) is 2.33. The number of fused-ring (bicyclic) bond motifs is 1. The number of nitrogens with two attached hydrogens (primary N) is 1. The van der Waals surface area contributed by atoms with Gasteiger partial charge < -0.3 is 20.5 Å². The molecular formula is C9H11Cl3N2O4S. The van der Waals surface area contributed by atoms with Crippen molar-refractivity contribution in [3.63, 3.8) is 0 Å². The van der Waals surface area contributed by atoms with Crippen LogP contribution in [0.1, 0.15) is 0 Å². The Hall–Kier alpha value is 0.0800. The summed E-state index contributed by atoms with van der Waals surface area (Å²) in [6.07, 6.45) is -1.03. The maximum Gasteiger partial charge on any atom is 0.331 e. The highest BCUT2D eigenvalue weighted by Crippen LogP contribution is 2.37. The number of halogens is 3. The molecule has 0 spiro atoms.